The van der Waals surface area contributed by atoms with E-state index in [4.69, 9.17) is 9.15 Å². The second kappa shape index (κ2) is 9.98. The third-order valence-electron chi connectivity index (χ3n) is 5.24. The summed E-state index contributed by atoms with van der Waals surface area (Å²) in [6.07, 6.45) is 2.68. The van der Waals surface area contributed by atoms with Crippen molar-refractivity contribution in [3.05, 3.63) is 63.7 Å². The normalized spacial score (nSPS) is 14.5. The predicted octanol–water partition coefficient (Wildman–Crippen LogP) is 4.34. The molecule has 0 saturated carbocycles. The Bertz CT molecular complexity index is 1250. The van der Waals surface area contributed by atoms with Crippen LogP contribution in [0, 0.1) is 0 Å². The molecule has 8 nitrogen and oxygen atoms in total. The molecule has 1 aliphatic rings. The lowest BCUT2D eigenvalue weighted by Gasteiger charge is -2.23. The molecular formula is C23H22BrN5O3S. The molecule has 0 bridgehead atoms. The van der Waals surface area contributed by atoms with Crippen LogP contribution < -0.4 is 15.4 Å². The largest absolute Gasteiger partial charge is 0.490 e. The zero-order valence-corrected chi connectivity index (χ0v) is 20.1. The minimum absolute atomic E-state index is 0.00706. The number of aromatic nitrogens is 3. The maximum absolute atomic E-state index is 12.4. The number of hydrogen-bond acceptors (Lipinski definition) is 8. The molecule has 10 heteroatoms. The number of nitrogens with zero attached hydrogens (tertiary/aromatic N) is 3. The number of carbonyl (C=O) groups excluding carboxylic acids is 1. The smallest absolute Gasteiger partial charge is 0.233 e. The van der Waals surface area contributed by atoms with E-state index in [-0.39, 0.29) is 24.3 Å². The number of benzene rings is 2. The number of amides is 1. The number of thiazole rings is 1. The van der Waals surface area contributed by atoms with Crippen LogP contribution in [0.4, 0.5) is 5.69 Å². The number of piperidine rings is 1. The van der Waals surface area contributed by atoms with E-state index in [9.17, 15) is 4.79 Å². The number of hydrogen-bond donors (Lipinski definition) is 2. The Morgan fingerprint density at radius 1 is 1.15 bits per heavy atom. The van der Waals surface area contributed by atoms with Gasteiger partial charge in [0, 0.05) is 10.2 Å². The molecule has 1 amide bonds. The molecule has 1 fully saturated rings. The van der Waals surface area contributed by atoms with Crippen molar-refractivity contribution < 1.29 is 13.9 Å². The number of ether oxygens (including phenoxy) is 1. The van der Waals surface area contributed by atoms with Crippen LogP contribution in [-0.4, -0.2) is 40.3 Å². The van der Waals surface area contributed by atoms with Gasteiger partial charge in [-0.2, -0.15) is 0 Å². The molecule has 1 aliphatic heterocycles. The van der Waals surface area contributed by atoms with Gasteiger partial charge in [-0.25, -0.2) is 4.98 Å². The monoisotopic (exact) mass is 527 g/mol. The fourth-order valence-corrected chi connectivity index (χ4v) is 4.94. The fourth-order valence-electron chi connectivity index (χ4n) is 3.65. The molecule has 3 heterocycles. The van der Waals surface area contributed by atoms with Crippen LogP contribution in [0.25, 0.3) is 10.2 Å². The second-order valence-corrected chi connectivity index (χ2v) is 9.83. The Kier molecular flexibility index (Phi) is 6.65. The topological polar surface area (TPSA) is 102 Å². The molecule has 2 aromatic heterocycles. The number of fused-ring (bicyclic) bond motifs is 1. The third-order valence-corrected chi connectivity index (χ3v) is 6.77. The van der Waals surface area contributed by atoms with E-state index in [0.29, 0.717) is 18.0 Å². The number of anilines is 1. The average Bonchev–Trinajstić information content (AvgIpc) is 3.41. The Morgan fingerprint density at radius 3 is 2.76 bits per heavy atom. The number of carbonyl (C=O) groups is 1. The van der Waals surface area contributed by atoms with Gasteiger partial charge in [0.05, 0.1) is 16.6 Å². The van der Waals surface area contributed by atoms with Crippen LogP contribution in [0.2, 0.25) is 0 Å². The van der Waals surface area contributed by atoms with Crippen LogP contribution >= 0.6 is 27.3 Å². The van der Waals surface area contributed by atoms with Crippen LogP contribution in [0.5, 0.6) is 5.75 Å². The first-order chi connectivity index (χ1) is 16.1. The summed E-state index contributed by atoms with van der Waals surface area (Å²) in [6, 6.07) is 13.4. The summed E-state index contributed by atoms with van der Waals surface area (Å²) in [6.45, 7) is 1.96. The van der Waals surface area contributed by atoms with Crippen LogP contribution in [0.15, 0.2) is 51.4 Å². The zero-order chi connectivity index (χ0) is 22.6. The van der Waals surface area contributed by atoms with E-state index < -0.39 is 0 Å². The van der Waals surface area contributed by atoms with Gasteiger partial charge < -0.3 is 19.8 Å². The van der Waals surface area contributed by atoms with Crippen molar-refractivity contribution in [3.8, 4) is 5.75 Å². The predicted molar refractivity (Wildman–Crippen MR) is 130 cm³/mol. The Labute approximate surface area is 202 Å². The van der Waals surface area contributed by atoms with Gasteiger partial charge in [-0.15, -0.1) is 21.5 Å². The molecule has 0 spiro atoms. The molecule has 0 unspecified atom stereocenters. The van der Waals surface area contributed by atoms with Crippen LogP contribution in [0.1, 0.15) is 29.6 Å². The standard InChI is InChI=1S/C23H22BrN5O3S/c24-14-1-6-19-18(11-14)27-23(33-19)13-22-29-28-21(32-22)12-20(30)26-15-2-4-16(5-3-15)31-17-7-9-25-10-8-17/h1-6,11,17,25H,7-10,12-13H2,(H,26,30). The van der Waals surface area contributed by atoms with E-state index in [0.717, 1.165) is 51.4 Å². The molecule has 2 aromatic carbocycles. The van der Waals surface area contributed by atoms with Gasteiger partial charge in [-0.05, 0) is 68.4 Å². The lowest BCUT2D eigenvalue weighted by Crippen LogP contribution is -2.34. The lowest BCUT2D eigenvalue weighted by molar-refractivity contribution is -0.115. The van der Waals surface area contributed by atoms with Crippen molar-refractivity contribution in [1.29, 1.82) is 0 Å². The van der Waals surface area contributed by atoms with Crippen molar-refractivity contribution in [2.45, 2.75) is 31.8 Å². The molecule has 5 rings (SSSR count). The van der Waals surface area contributed by atoms with Gasteiger partial charge in [-0.3, -0.25) is 4.79 Å². The average molecular weight is 528 g/mol. The van der Waals surface area contributed by atoms with Gasteiger partial charge in [0.2, 0.25) is 17.7 Å². The molecule has 0 atom stereocenters. The van der Waals surface area contributed by atoms with Gasteiger partial charge in [0.1, 0.15) is 23.3 Å². The number of halogens is 1. The molecule has 1 saturated heterocycles. The molecule has 0 aliphatic carbocycles. The SMILES string of the molecule is O=C(Cc1nnc(Cc2nc3cc(Br)ccc3s2)o1)Nc1ccc(OC2CCNCC2)cc1. The summed E-state index contributed by atoms with van der Waals surface area (Å²) in [5, 5.41) is 15.1. The minimum Gasteiger partial charge on any atom is -0.490 e. The second-order valence-electron chi connectivity index (χ2n) is 7.80. The number of rotatable bonds is 7. The van der Waals surface area contributed by atoms with E-state index >= 15 is 0 Å². The van der Waals surface area contributed by atoms with Gasteiger partial charge in [-0.1, -0.05) is 15.9 Å². The van der Waals surface area contributed by atoms with Crippen LogP contribution in [0.3, 0.4) is 0 Å². The highest BCUT2D eigenvalue weighted by molar-refractivity contribution is 9.10. The first-order valence-corrected chi connectivity index (χ1v) is 12.4. The van der Waals surface area contributed by atoms with Crippen molar-refractivity contribution >= 4 is 49.1 Å². The lowest BCUT2D eigenvalue weighted by atomic mass is 10.1. The van der Waals surface area contributed by atoms with E-state index in [2.05, 4.69) is 41.7 Å². The minimum atomic E-state index is -0.220. The molecule has 2 N–H and O–H groups in total. The molecule has 4 aromatic rings. The van der Waals surface area contributed by atoms with E-state index in [1.54, 1.807) is 11.3 Å². The molecular weight excluding hydrogens is 506 g/mol. The van der Waals surface area contributed by atoms with Crippen molar-refractivity contribution in [1.82, 2.24) is 20.5 Å². The first-order valence-electron chi connectivity index (χ1n) is 10.7. The first kappa shape index (κ1) is 22.0. The summed E-state index contributed by atoms with van der Waals surface area (Å²) < 4.78 is 13.7. The molecule has 170 valence electrons. The third kappa shape index (κ3) is 5.76. The van der Waals surface area contributed by atoms with Gasteiger partial charge >= 0.3 is 0 Å². The highest BCUT2D eigenvalue weighted by atomic mass is 79.9. The summed E-state index contributed by atoms with van der Waals surface area (Å²) in [4.78, 5) is 17.0. The number of nitrogens with one attached hydrogen (secondary N) is 2. The summed E-state index contributed by atoms with van der Waals surface area (Å²) in [5.41, 5.74) is 1.62. The summed E-state index contributed by atoms with van der Waals surface area (Å²) in [7, 11) is 0. The highest BCUT2D eigenvalue weighted by Gasteiger charge is 2.16. The summed E-state index contributed by atoms with van der Waals surface area (Å²) in [5.74, 6) is 1.30. The van der Waals surface area contributed by atoms with Gasteiger partial charge in [0.15, 0.2) is 0 Å². The quantitative estimate of drug-likeness (QED) is 0.368. The Hall–Kier alpha value is -2.82. The molecule has 33 heavy (non-hydrogen) atoms. The zero-order valence-electron chi connectivity index (χ0n) is 17.7. The highest BCUT2D eigenvalue weighted by Crippen LogP contribution is 2.26. The van der Waals surface area contributed by atoms with Crippen molar-refractivity contribution in [3.63, 3.8) is 0 Å². The van der Waals surface area contributed by atoms with E-state index in [1.165, 1.54) is 0 Å². The molecule has 0 radical (unpaired) electrons. The maximum atomic E-state index is 12.4. The van der Waals surface area contributed by atoms with Crippen LogP contribution in [-0.2, 0) is 17.6 Å². The fraction of sp³-hybridized carbons (Fsp3) is 0.304. The van der Waals surface area contributed by atoms with E-state index in [1.807, 2.05) is 42.5 Å². The Balaban J connectivity index is 1.14. The van der Waals surface area contributed by atoms with Gasteiger partial charge in [0.25, 0.3) is 0 Å². The maximum Gasteiger partial charge on any atom is 0.233 e. The van der Waals surface area contributed by atoms with Crippen molar-refractivity contribution in [2.24, 2.45) is 0 Å². The Morgan fingerprint density at radius 2 is 1.94 bits per heavy atom. The van der Waals surface area contributed by atoms with Crippen molar-refractivity contribution in [2.75, 3.05) is 18.4 Å². The summed E-state index contributed by atoms with van der Waals surface area (Å²) >= 11 is 5.04.